The SMILES string of the molecule is [2H]c1c([2H])c([2H])c(-c2c([2H])c([2H])c(N(c3ccc(-c4c(-c5ccccc5)ccc5ccccc45)cc3)c3c([2H])c([2H])c(-c4cc(-c5ccccc5)cc(-c5ccccc5)c4)c([2H])c3[2H])c([2H])c2[2H])c([2H])c1[2H]. The molecule has 0 aliphatic heterocycles. The largest absolute Gasteiger partial charge is 0.311 e. The Labute approximate surface area is 365 Å². The number of fused-ring (bicyclic) bond motifs is 1. The van der Waals surface area contributed by atoms with E-state index in [0.717, 1.165) is 55.3 Å². The molecule has 10 aromatic rings. The molecule has 0 N–H and O–H groups in total. The number of anilines is 3. The van der Waals surface area contributed by atoms with Crippen molar-refractivity contribution in [2.75, 3.05) is 4.90 Å². The van der Waals surface area contributed by atoms with Crippen LogP contribution in [0.4, 0.5) is 17.1 Å². The molecule has 0 saturated carbocycles. The summed E-state index contributed by atoms with van der Waals surface area (Å²) < 4.78 is 119. The third-order valence-electron chi connectivity index (χ3n) is 10.3. The molecule has 0 spiro atoms. The lowest BCUT2D eigenvalue weighted by Crippen LogP contribution is -2.09. The van der Waals surface area contributed by atoms with E-state index in [1.165, 1.54) is 4.90 Å². The van der Waals surface area contributed by atoms with E-state index >= 15 is 0 Å². The summed E-state index contributed by atoms with van der Waals surface area (Å²) in [7, 11) is 0. The highest BCUT2D eigenvalue weighted by Crippen LogP contribution is 2.42. The first-order chi connectivity index (χ1) is 34.7. The van der Waals surface area contributed by atoms with Crippen LogP contribution in [-0.2, 0) is 0 Å². The summed E-state index contributed by atoms with van der Waals surface area (Å²) in [5.74, 6) is 0. The normalized spacial score (nSPS) is 14.1. The fourth-order valence-electron chi connectivity index (χ4n) is 7.43. The van der Waals surface area contributed by atoms with E-state index in [2.05, 4.69) is 12.1 Å². The predicted octanol–water partition coefficient (Wildman–Crippen LogP) is 16.3. The zero-order valence-corrected chi connectivity index (χ0v) is 31.6. The van der Waals surface area contributed by atoms with Gasteiger partial charge in [-0.1, -0.05) is 194 Å². The van der Waals surface area contributed by atoms with Crippen molar-refractivity contribution < 1.29 is 17.8 Å². The average molecular weight is 765 g/mol. The molecule has 0 amide bonds. The molecule has 0 aliphatic rings. The van der Waals surface area contributed by atoms with Gasteiger partial charge in [0.15, 0.2) is 0 Å². The van der Waals surface area contributed by atoms with Gasteiger partial charge in [0.1, 0.15) is 0 Å². The Morgan fingerprint density at radius 3 is 1.31 bits per heavy atom. The Hall–Kier alpha value is -7.74. The van der Waals surface area contributed by atoms with Crippen LogP contribution in [0, 0.1) is 0 Å². The van der Waals surface area contributed by atoms with E-state index in [-0.39, 0.29) is 16.9 Å². The molecule has 0 fully saturated rings. The Bertz CT molecular complexity index is 3630. The monoisotopic (exact) mass is 764 g/mol. The van der Waals surface area contributed by atoms with E-state index in [1.54, 1.807) is 12.1 Å². The molecule has 0 bridgehead atoms. The zero-order chi connectivity index (χ0) is 50.7. The number of hydrogen-bond acceptors (Lipinski definition) is 1. The molecular weight excluding hydrogens is 711 g/mol. The minimum absolute atomic E-state index is 0.000465. The van der Waals surface area contributed by atoms with Gasteiger partial charge in [0, 0.05) is 17.1 Å². The maximum absolute atomic E-state index is 9.77. The summed E-state index contributed by atoms with van der Waals surface area (Å²) in [6.45, 7) is 0. The Morgan fingerprint density at radius 1 is 0.288 bits per heavy atom. The standard InChI is InChI=1S/C58H41N/c1-5-15-42(16-6-1)45-25-32-53(33-26-45)59(55-36-29-49(30-37-55)58-56-24-14-13-23-48(56)31-38-57(58)47-21-11-4-12-22-47)54-34-27-46(28-35-54)52-40-50(43-17-7-2-8-18-43)39-51(41-52)44-19-9-3-10-20-44/h1-41H/i1D,5D,6D,15D,16D,25D,26D,27D,28D,32D,33D,34D,35D. The molecule has 59 heavy (non-hydrogen) atoms. The molecule has 0 heterocycles. The molecule has 0 aromatic heterocycles. The molecule has 0 unspecified atom stereocenters. The molecule has 0 saturated heterocycles. The van der Waals surface area contributed by atoms with Gasteiger partial charge in [-0.2, -0.15) is 0 Å². The van der Waals surface area contributed by atoms with Crippen molar-refractivity contribution in [3.05, 3.63) is 248 Å². The van der Waals surface area contributed by atoms with E-state index in [9.17, 15) is 11.0 Å². The minimum Gasteiger partial charge on any atom is -0.311 e. The fourth-order valence-corrected chi connectivity index (χ4v) is 7.43. The minimum atomic E-state index is -0.743. The number of hydrogen-bond donors (Lipinski definition) is 0. The maximum Gasteiger partial charge on any atom is 0.0645 e. The van der Waals surface area contributed by atoms with Crippen molar-refractivity contribution in [3.63, 3.8) is 0 Å². The summed E-state index contributed by atoms with van der Waals surface area (Å²) in [4.78, 5) is 1.19. The van der Waals surface area contributed by atoms with Crippen molar-refractivity contribution in [3.8, 4) is 66.8 Å². The summed E-state index contributed by atoms with van der Waals surface area (Å²) in [5, 5.41) is 1.96. The van der Waals surface area contributed by atoms with Crippen molar-refractivity contribution in [2.45, 2.75) is 0 Å². The van der Waals surface area contributed by atoms with Gasteiger partial charge in [0.05, 0.1) is 17.8 Å². The summed E-state index contributed by atoms with van der Waals surface area (Å²) in [6, 6.07) is 45.4. The van der Waals surface area contributed by atoms with Gasteiger partial charge < -0.3 is 4.90 Å². The Kier molecular flexibility index (Phi) is 6.55. The van der Waals surface area contributed by atoms with Gasteiger partial charge in [-0.3, -0.25) is 0 Å². The van der Waals surface area contributed by atoms with Gasteiger partial charge in [0.25, 0.3) is 0 Å². The van der Waals surface area contributed by atoms with Crippen LogP contribution < -0.4 is 4.90 Å². The van der Waals surface area contributed by atoms with Gasteiger partial charge in [0.2, 0.25) is 0 Å². The highest BCUT2D eigenvalue weighted by Gasteiger charge is 2.17. The third kappa shape index (κ3) is 7.34. The Morgan fingerprint density at radius 2 is 0.746 bits per heavy atom. The summed E-state index contributed by atoms with van der Waals surface area (Å²) in [6.07, 6.45) is 0. The molecule has 10 rings (SSSR count). The average Bonchev–Trinajstić information content (AvgIpc) is 3.41. The first-order valence-electron chi connectivity index (χ1n) is 25.7. The molecule has 0 atom stereocenters. The zero-order valence-electron chi connectivity index (χ0n) is 44.6. The maximum atomic E-state index is 9.77. The van der Waals surface area contributed by atoms with Crippen LogP contribution >= 0.6 is 0 Å². The fraction of sp³-hybridized carbons (Fsp3) is 0. The molecule has 10 aromatic carbocycles. The quantitative estimate of drug-likeness (QED) is 0.141. The molecular formula is C58H41N. The van der Waals surface area contributed by atoms with Crippen LogP contribution in [-0.4, -0.2) is 0 Å². The second-order valence-electron chi connectivity index (χ2n) is 13.9. The molecule has 1 nitrogen and oxygen atoms in total. The van der Waals surface area contributed by atoms with E-state index in [4.69, 9.17) is 6.85 Å². The lowest BCUT2D eigenvalue weighted by atomic mass is 9.89. The number of nitrogens with zero attached hydrogens (tertiary/aromatic N) is 1. The second kappa shape index (κ2) is 16.0. The smallest absolute Gasteiger partial charge is 0.0645 e. The first kappa shape index (κ1) is 24.1. The van der Waals surface area contributed by atoms with Crippen LogP contribution in [0.2, 0.25) is 0 Å². The van der Waals surface area contributed by atoms with Crippen LogP contribution in [0.1, 0.15) is 17.8 Å². The lowest BCUT2D eigenvalue weighted by Gasteiger charge is -2.26. The predicted molar refractivity (Wildman–Crippen MR) is 251 cm³/mol. The van der Waals surface area contributed by atoms with E-state index in [1.807, 2.05) is 146 Å². The van der Waals surface area contributed by atoms with Crippen LogP contribution in [0.15, 0.2) is 248 Å². The topological polar surface area (TPSA) is 3.24 Å². The van der Waals surface area contributed by atoms with E-state index < -0.39 is 95.4 Å². The molecule has 1 heteroatoms. The van der Waals surface area contributed by atoms with Gasteiger partial charge in [-0.05, 0) is 132 Å². The van der Waals surface area contributed by atoms with Crippen LogP contribution in [0.5, 0.6) is 0 Å². The van der Waals surface area contributed by atoms with Crippen LogP contribution in [0.25, 0.3) is 77.5 Å². The Balaban J connectivity index is 1.23. The summed E-state index contributed by atoms with van der Waals surface area (Å²) in [5.41, 5.74) is 5.60. The molecule has 0 radical (unpaired) electrons. The van der Waals surface area contributed by atoms with Crippen molar-refractivity contribution in [2.24, 2.45) is 0 Å². The molecule has 278 valence electrons. The van der Waals surface area contributed by atoms with Crippen molar-refractivity contribution in [1.82, 2.24) is 0 Å². The highest BCUT2D eigenvalue weighted by atomic mass is 15.1. The molecule has 0 aliphatic carbocycles. The van der Waals surface area contributed by atoms with Gasteiger partial charge in [-0.15, -0.1) is 0 Å². The van der Waals surface area contributed by atoms with Gasteiger partial charge in [-0.25, -0.2) is 0 Å². The number of rotatable bonds is 9. The third-order valence-corrected chi connectivity index (χ3v) is 10.3. The van der Waals surface area contributed by atoms with Crippen molar-refractivity contribution in [1.29, 1.82) is 0 Å². The first-order valence-corrected chi connectivity index (χ1v) is 19.2. The summed E-state index contributed by atoms with van der Waals surface area (Å²) >= 11 is 0. The lowest BCUT2D eigenvalue weighted by molar-refractivity contribution is 1.28. The second-order valence-corrected chi connectivity index (χ2v) is 13.9. The van der Waals surface area contributed by atoms with Crippen molar-refractivity contribution >= 4 is 27.8 Å². The highest BCUT2D eigenvalue weighted by molar-refractivity contribution is 6.04. The van der Waals surface area contributed by atoms with Crippen LogP contribution in [0.3, 0.4) is 0 Å². The van der Waals surface area contributed by atoms with Gasteiger partial charge >= 0.3 is 0 Å². The number of benzene rings is 10. The van der Waals surface area contributed by atoms with E-state index in [0.29, 0.717) is 5.56 Å².